The largest absolute Gasteiger partial charge is 0.356 e. The standard InChI is InChI=1S/C15H27N5/c1-14(2)11-20(15(14,3)4)13(16-5)17-8-7-12-9-18-19(6)10-12/h9-10H,7-8,11H2,1-6H3,(H,16,17). The van der Waals surface area contributed by atoms with Gasteiger partial charge in [-0.15, -0.1) is 0 Å². The predicted molar refractivity (Wildman–Crippen MR) is 82.8 cm³/mol. The van der Waals surface area contributed by atoms with Crippen molar-refractivity contribution in [1.29, 1.82) is 0 Å². The van der Waals surface area contributed by atoms with E-state index < -0.39 is 0 Å². The predicted octanol–water partition coefficient (Wildman–Crippen LogP) is 1.66. The molecule has 0 aromatic carbocycles. The third kappa shape index (κ3) is 2.53. The first kappa shape index (κ1) is 14.9. The van der Waals surface area contributed by atoms with Crippen LogP contribution in [0.3, 0.4) is 0 Å². The van der Waals surface area contributed by atoms with Gasteiger partial charge in [-0.3, -0.25) is 9.67 Å². The van der Waals surface area contributed by atoms with E-state index >= 15 is 0 Å². The summed E-state index contributed by atoms with van der Waals surface area (Å²) in [5.41, 5.74) is 1.72. The second-order valence-corrected chi connectivity index (χ2v) is 6.78. The van der Waals surface area contributed by atoms with E-state index in [0.717, 1.165) is 25.5 Å². The van der Waals surface area contributed by atoms with Crippen LogP contribution < -0.4 is 5.32 Å². The van der Waals surface area contributed by atoms with E-state index in [1.807, 2.05) is 25.0 Å². The third-order valence-corrected chi connectivity index (χ3v) is 4.81. The zero-order valence-corrected chi connectivity index (χ0v) is 13.6. The molecule has 0 bridgehead atoms. The average Bonchev–Trinajstić information content (AvgIpc) is 2.78. The van der Waals surface area contributed by atoms with Crippen LogP contribution in [0.1, 0.15) is 33.3 Å². The molecule has 0 saturated carbocycles. The van der Waals surface area contributed by atoms with E-state index in [4.69, 9.17) is 0 Å². The van der Waals surface area contributed by atoms with Crippen LogP contribution in [-0.2, 0) is 13.5 Å². The lowest BCUT2D eigenvalue weighted by Crippen LogP contribution is -2.72. The maximum absolute atomic E-state index is 4.42. The van der Waals surface area contributed by atoms with E-state index in [2.05, 4.69) is 54.2 Å². The number of hydrogen-bond donors (Lipinski definition) is 1. The Morgan fingerprint density at radius 1 is 1.40 bits per heavy atom. The van der Waals surface area contributed by atoms with Crippen molar-refractivity contribution in [1.82, 2.24) is 20.0 Å². The Kier molecular flexibility index (Phi) is 3.80. The summed E-state index contributed by atoms with van der Waals surface area (Å²) in [5.74, 6) is 0.998. The van der Waals surface area contributed by atoms with Gasteiger partial charge in [0.1, 0.15) is 0 Å². The van der Waals surface area contributed by atoms with Crippen molar-refractivity contribution in [3.05, 3.63) is 18.0 Å². The molecule has 5 heteroatoms. The molecule has 1 aliphatic rings. The minimum absolute atomic E-state index is 0.142. The Bertz CT molecular complexity index is 498. The number of nitrogens with one attached hydrogen (secondary N) is 1. The van der Waals surface area contributed by atoms with Crippen molar-refractivity contribution in [2.75, 3.05) is 20.1 Å². The maximum Gasteiger partial charge on any atom is 0.194 e. The molecule has 0 atom stereocenters. The fraction of sp³-hybridized carbons (Fsp3) is 0.733. The highest BCUT2D eigenvalue weighted by Gasteiger charge is 2.53. The van der Waals surface area contributed by atoms with E-state index in [0.29, 0.717) is 5.41 Å². The molecular weight excluding hydrogens is 250 g/mol. The van der Waals surface area contributed by atoms with Crippen LogP contribution in [-0.4, -0.2) is 46.3 Å². The molecule has 112 valence electrons. The van der Waals surface area contributed by atoms with Gasteiger partial charge in [-0.25, -0.2) is 0 Å². The molecule has 1 N–H and O–H groups in total. The van der Waals surface area contributed by atoms with E-state index in [1.165, 1.54) is 5.56 Å². The lowest BCUT2D eigenvalue weighted by Gasteiger charge is -2.62. The summed E-state index contributed by atoms with van der Waals surface area (Å²) in [5, 5.41) is 7.65. The monoisotopic (exact) mass is 277 g/mol. The van der Waals surface area contributed by atoms with Gasteiger partial charge in [0, 0.05) is 44.3 Å². The summed E-state index contributed by atoms with van der Waals surface area (Å²) in [4.78, 5) is 6.78. The Labute approximate surface area is 122 Å². The van der Waals surface area contributed by atoms with Gasteiger partial charge in [0.25, 0.3) is 0 Å². The van der Waals surface area contributed by atoms with Gasteiger partial charge < -0.3 is 10.2 Å². The minimum Gasteiger partial charge on any atom is -0.356 e. The molecule has 1 saturated heterocycles. The second-order valence-electron chi connectivity index (χ2n) is 6.78. The number of likely N-dealkylation sites (tertiary alicyclic amines) is 1. The average molecular weight is 277 g/mol. The van der Waals surface area contributed by atoms with Gasteiger partial charge in [-0.2, -0.15) is 5.10 Å². The molecule has 2 rings (SSSR count). The number of aromatic nitrogens is 2. The van der Waals surface area contributed by atoms with Gasteiger partial charge in [0.15, 0.2) is 5.96 Å². The molecule has 0 aliphatic carbocycles. The van der Waals surface area contributed by atoms with Crippen molar-refractivity contribution < 1.29 is 0 Å². The summed E-state index contributed by atoms with van der Waals surface area (Å²) in [7, 11) is 3.80. The molecule has 1 aromatic heterocycles. The van der Waals surface area contributed by atoms with Gasteiger partial charge in [-0.05, 0) is 25.8 Å². The van der Waals surface area contributed by atoms with Crippen LogP contribution in [0.4, 0.5) is 0 Å². The SMILES string of the molecule is CN=C(NCCc1cnn(C)c1)N1CC(C)(C)C1(C)C. The van der Waals surface area contributed by atoms with Crippen LogP contribution in [0.5, 0.6) is 0 Å². The summed E-state index contributed by atoms with van der Waals surface area (Å²) in [6, 6.07) is 0. The van der Waals surface area contributed by atoms with Crippen LogP contribution in [0.25, 0.3) is 0 Å². The summed E-state index contributed by atoms with van der Waals surface area (Å²) < 4.78 is 1.84. The summed E-state index contributed by atoms with van der Waals surface area (Å²) >= 11 is 0. The van der Waals surface area contributed by atoms with Crippen LogP contribution in [0.2, 0.25) is 0 Å². The van der Waals surface area contributed by atoms with Gasteiger partial charge >= 0.3 is 0 Å². The Morgan fingerprint density at radius 3 is 2.55 bits per heavy atom. The van der Waals surface area contributed by atoms with Gasteiger partial charge in [-0.1, -0.05) is 13.8 Å². The van der Waals surface area contributed by atoms with Crippen molar-refractivity contribution in [2.45, 2.75) is 39.7 Å². The van der Waals surface area contributed by atoms with Crippen LogP contribution >= 0.6 is 0 Å². The quantitative estimate of drug-likeness (QED) is 0.675. The molecule has 1 fully saturated rings. The van der Waals surface area contributed by atoms with Crippen molar-refractivity contribution in [3.63, 3.8) is 0 Å². The molecule has 20 heavy (non-hydrogen) atoms. The fourth-order valence-corrected chi connectivity index (χ4v) is 2.61. The van der Waals surface area contributed by atoms with Crippen LogP contribution in [0.15, 0.2) is 17.4 Å². The van der Waals surface area contributed by atoms with Crippen molar-refractivity contribution in [2.24, 2.45) is 17.5 Å². The first-order chi connectivity index (χ1) is 9.28. The number of guanidine groups is 1. The highest BCUT2D eigenvalue weighted by atomic mass is 15.4. The van der Waals surface area contributed by atoms with E-state index in [-0.39, 0.29) is 5.54 Å². The summed E-state index contributed by atoms with van der Waals surface area (Å²) in [6.45, 7) is 11.1. The zero-order chi connectivity index (χ0) is 15.0. The molecule has 1 aliphatic heterocycles. The second kappa shape index (κ2) is 5.11. The lowest BCUT2D eigenvalue weighted by atomic mass is 9.65. The highest BCUT2D eigenvalue weighted by Crippen LogP contribution is 2.46. The first-order valence-corrected chi connectivity index (χ1v) is 7.24. The molecule has 2 heterocycles. The first-order valence-electron chi connectivity index (χ1n) is 7.24. The number of hydrogen-bond acceptors (Lipinski definition) is 2. The highest BCUT2D eigenvalue weighted by molar-refractivity contribution is 5.82. The molecule has 5 nitrogen and oxygen atoms in total. The number of aryl methyl sites for hydroxylation is 1. The molecule has 0 unspecified atom stereocenters. The number of aliphatic imine (C=N–C) groups is 1. The molecule has 0 spiro atoms. The normalized spacial score (nSPS) is 20.7. The molecule has 1 aromatic rings. The Morgan fingerprint density at radius 2 is 2.10 bits per heavy atom. The zero-order valence-electron chi connectivity index (χ0n) is 13.6. The maximum atomic E-state index is 4.42. The molecule has 0 amide bonds. The lowest BCUT2D eigenvalue weighted by molar-refractivity contribution is -0.0666. The fourth-order valence-electron chi connectivity index (χ4n) is 2.61. The van der Waals surface area contributed by atoms with Crippen molar-refractivity contribution >= 4 is 5.96 Å². The van der Waals surface area contributed by atoms with Gasteiger partial charge in [0.05, 0.1) is 6.20 Å². The van der Waals surface area contributed by atoms with E-state index in [9.17, 15) is 0 Å². The Hall–Kier alpha value is -1.52. The molecule has 0 radical (unpaired) electrons. The topological polar surface area (TPSA) is 45.5 Å². The van der Waals surface area contributed by atoms with Crippen LogP contribution in [0, 0.1) is 5.41 Å². The Balaban J connectivity index is 1.88. The minimum atomic E-state index is 0.142. The van der Waals surface area contributed by atoms with Gasteiger partial charge in [0.2, 0.25) is 0 Å². The third-order valence-electron chi connectivity index (χ3n) is 4.81. The number of rotatable bonds is 3. The number of nitrogens with zero attached hydrogens (tertiary/aromatic N) is 4. The smallest absolute Gasteiger partial charge is 0.194 e. The van der Waals surface area contributed by atoms with Crippen molar-refractivity contribution in [3.8, 4) is 0 Å². The molecular formula is C15H27N5. The summed E-state index contributed by atoms with van der Waals surface area (Å²) in [6.07, 6.45) is 4.94. The van der Waals surface area contributed by atoms with E-state index in [1.54, 1.807) is 0 Å².